The minimum atomic E-state index is 0.0562. The molecular formula is C17H21NO2S. The zero-order valence-electron chi connectivity index (χ0n) is 12.1. The first-order valence-electron chi connectivity index (χ1n) is 7.79. The lowest BCUT2D eigenvalue weighted by molar-refractivity contribution is -0.135. The van der Waals surface area contributed by atoms with Crippen LogP contribution in [0.25, 0.3) is 10.1 Å². The van der Waals surface area contributed by atoms with E-state index < -0.39 is 0 Å². The van der Waals surface area contributed by atoms with Crippen LogP contribution in [0.15, 0.2) is 29.6 Å². The average molecular weight is 303 g/mol. The SMILES string of the molecule is c1cc2cc(NC3CCOC4(CCOCC4)C3)ccc2s1. The lowest BCUT2D eigenvalue weighted by Gasteiger charge is -2.43. The van der Waals surface area contributed by atoms with Crippen molar-refractivity contribution >= 4 is 27.1 Å². The third-order valence-corrected chi connectivity index (χ3v) is 5.62. The fraction of sp³-hybridized carbons (Fsp3) is 0.529. The van der Waals surface area contributed by atoms with Crippen LogP contribution in [0, 0.1) is 0 Å². The molecule has 0 amide bonds. The molecular weight excluding hydrogens is 282 g/mol. The van der Waals surface area contributed by atoms with Gasteiger partial charge in [0.05, 0.1) is 5.60 Å². The first kappa shape index (κ1) is 13.6. The Kier molecular flexibility index (Phi) is 3.61. The Hall–Kier alpha value is -1.10. The molecule has 2 fully saturated rings. The molecule has 112 valence electrons. The van der Waals surface area contributed by atoms with Gasteiger partial charge in [-0.15, -0.1) is 11.3 Å². The highest BCUT2D eigenvalue weighted by Crippen LogP contribution is 2.35. The largest absolute Gasteiger partial charge is 0.382 e. The number of nitrogens with one attached hydrogen (secondary N) is 1. The van der Waals surface area contributed by atoms with Crippen LogP contribution in [0.2, 0.25) is 0 Å². The molecule has 0 aliphatic carbocycles. The van der Waals surface area contributed by atoms with E-state index in [2.05, 4.69) is 35.0 Å². The van der Waals surface area contributed by atoms with E-state index in [0.717, 1.165) is 45.5 Å². The lowest BCUT2D eigenvalue weighted by atomic mass is 9.84. The Balaban J connectivity index is 1.48. The number of anilines is 1. The summed E-state index contributed by atoms with van der Waals surface area (Å²) in [6, 6.07) is 9.37. The summed E-state index contributed by atoms with van der Waals surface area (Å²) in [7, 11) is 0. The van der Waals surface area contributed by atoms with Crippen molar-refractivity contribution in [3.05, 3.63) is 29.6 Å². The molecule has 3 nitrogen and oxygen atoms in total. The maximum Gasteiger partial charge on any atom is 0.0745 e. The van der Waals surface area contributed by atoms with E-state index in [1.807, 2.05) is 0 Å². The summed E-state index contributed by atoms with van der Waals surface area (Å²) in [5.41, 5.74) is 1.29. The van der Waals surface area contributed by atoms with E-state index in [4.69, 9.17) is 9.47 Å². The van der Waals surface area contributed by atoms with E-state index in [1.165, 1.54) is 15.8 Å². The third kappa shape index (κ3) is 2.80. The van der Waals surface area contributed by atoms with Gasteiger partial charge in [-0.3, -0.25) is 0 Å². The maximum absolute atomic E-state index is 6.11. The van der Waals surface area contributed by atoms with Crippen LogP contribution >= 0.6 is 11.3 Å². The Labute approximate surface area is 129 Å². The van der Waals surface area contributed by atoms with Gasteiger partial charge >= 0.3 is 0 Å². The number of thiophene rings is 1. The van der Waals surface area contributed by atoms with E-state index in [0.29, 0.717) is 6.04 Å². The summed E-state index contributed by atoms with van der Waals surface area (Å²) >= 11 is 1.80. The fourth-order valence-electron chi connectivity index (χ4n) is 3.53. The van der Waals surface area contributed by atoms with Crippen molar-refractivity contribution in [3.63, 3.8) is 0 Å². The van der Waals surface area contributed by atoms with E-state index in [9.17, 15) is 0 Å². The minimum absolute atomic E-state index is 0.0562. The zero-order chi connectivity index (χ0) is 14.1. The molecule has 1 atom stereocenters. The third-order valence-electron chi connectivity index (χ3n) is 4.72. The summed E-state index contributed by atoms with van der Waals surface area (Å²) in [6.45, 7) is 2.54. The second kappa shape index (κ2) is 5.59. The van der Waals surface area contributed by atoms with E-state index in [1.54, 1.807) is 11.3 Å². The quantitative estimate of drug-likeness (QED) is 0.908. The van der Waals surface area contributed by atoms with Gasteiger partial charge in [0.25, 0.3) is 0 Å². The Morgan fingerprint density at radius 2 is 2.05 bits per heavy atom. The average Bonchev–Trinajstić information content (AvgIpc) is 2.96. The summed E-state index contributed by atoms with van der Waals surface area (Å²) in [5, 5.41) is 7.20. The van der Waals surface area contributed by atoms with Crippen molar-refractivity contribution in [1.29, 1.82) is 0 Å². The first-order chi connectivity index (χ1) is 10.3. The van der Waals surface area contributed by atoms with Gasteiger partial charge in [-0.25, -0.2) is 0 Å². The van der Waals surface area contributed by atoms with E-state index >= 15 is 0 Å². The van der Waals surface area contributed by atoms with E-state index in [-0.39, 0.29) is 5.60 Å². The number of ether oxygens (including phenoxy) is 2. The summed E-state index contributed by atoms with van der Waals surface area (Å²) in [6.07, 6.45) is 4.26. The zero-order valence-corrected chi connectivity index (χ0v) is 13.0. The molecule has 4 rings (SSSR count). The van der Waals surface area contributed by atoms with Gasteiger partial charge in [-0.1, -0.05) is 0 Å². The van der Waals surface area contributed by atoms with Crippen molar-refractivity contribution < 1.29 is 9.47 Å². The standard InChI is InChI=1S/C17H21NO2S/c1-2-16-13(4-10-21-16)11-14(1)18-15-3-7-20-17(12-15)5-8-19-9-6-17/h1-2,4,10-11,15,18H,3,5-9,12H2. The molecule has 1 aromatic heterocycles. The predicted molar refractivity (Wildman–Crippen MR) is 87.2 cm³/mol. The Morgan fingerprint density at radius 3 is 2.95 bits per heavy atom. The number of hydrogen-bond donors (Lipinski definition) is 1. The van der Waals surface area contributed by atoms with Crippen molar-refractivity contribution in [3.8, 4) is 0 Å². The van der Waals surface area contributed by atoms with Crippen LogP contribution in [0.4, 0.5) is 5.69 Å². The van der Waals surface area contributed by atoms with Crippen LogP contribution in [0.3, 0.4) is 0 Å². The van der Waals surface area contributed by atoms with Gasteiger partial charge < -0.3 is 14.8 Å². The number of benzene rings is 1. The van der Waals surface area contributed by atoms with Gasteiger partial charge in [0, 0.05) is 36.2 Å². The maximum atomic E-state index is 6.11. The van der Waals surface area contributed by atoms with Gasteiger partial charge in [-0.2, -0.15) is 0 Å². The molecule has 1 spiro atoms. The molecule has 4 heteroatoms. The highest BCUT2D eigenvalue weighted by atomic mass is 32.1. The Morgan fingerprint density at radius 1 is 1.14 bits per heavy atom. The predicted octanol–water partition coefficient (Wildman–Crippen LogP) is 4.04. The van der Waals surface area contributed by atoms with Gasteiger partial charge in [0.1, 0.15) is 0 Å². The van der Waals surface area contributed by atoms with Crippen LogP contribution < -0.4 is 5.32 Å². The minimum Gasteiger partial charge on any atom is -0.382 e. The molecule has 1 unspecified atom stereocenters. The molecule has 2 aliphatic heterocycles. The summed E-state index contributed by atoms with van der Waals surface area (Å²) in [5.74, 6) is 0. The normalized spacial score (nSPS) is 25.2. The van der Waals surface area contributed by atoms with Crippen molar-refractivity contribution in [1.82, 2.24) is 0 Å². The lowest BCUT2D eigenvalue weighted by Crippen LogP contribution is -2.47. The van der Waals surface area contributed by atoms with Gasteiger partial charge in [-0.05, 0) is 60.7 Å². The summed E-state index contributed by atoms with van der Waals surface area (Å²) < 4.78 is 13.0. The second-order valence-corrected chi connectivity index (χ2v) is 7.10. The topological polar surface area (TPSA) is 30.5 Å². The highest BCUT2D eigenvalue weighted by Gasteiger charge is 2.38. The molecule has 1 N–H and O–H groups in total. The molecule has 2 aromatic rings. The molecule has 0 bridgehead atoms. The van der Waals surface area contributed by atoms with Crippen LogP contribution in [-0.2, 0) is 9.47 Å². The van der Waals surface area contributed by atoms with Gasteiger partial charge in [0.15, 0.2) is 0 Å². The van der Waals surface area contributed by atoms with Crippen molar-refractivity contribution in [2.45, 2.75) is 37.3 Å². The second-order valence-electron chi connectivity index (χ2n) is 6.15. The first-order valence-corrected chi connectivity index (χ1v) is 8.67. The van der Waals surface area contributed by atoms with Crippen molar-refractivity contribution in [2.24, 2.45) is 0 Å². The van der Waals surface area contributed by atoms with Crippen molar-refractivity contribution in [2.75, 3.05) is 25.1 Å². The number of fused-ring (bicyclic) bond motifs is 1. The molecule has 2 aliphatic rings. The molecule has 0 saturated carbocycles. The molecule has 0 radical (unpaired) electrons. The summed E-state index contributed by atoms with van der Waals surface area (Å²) in [4.78, 5) is 0. The fourth-order valence-corrected chi connectivity index (χ4v) is 4.31. The van der Waals surface area contributed by atoms with Crippen LogP contribution in [-0.4, -0.2) is 31.5 Å². The monoisotopic (exact) mass is 303 g/mol. The molecule has 2 saturated heterocycles. The van der Waals surface area contributed by atoms with Crippen LogP contribution in [0.1, 0.15) is 25.7 Å². The van der Waals surface area contributed by atoms with Gasteiger partial charge in [0.2, 0.25) is 0 Å². The molecule has 1 aromatic carbocycles. The molecule has 21 heavy (non-hydrogen) atoms. The highest BCUT2D eigenvalue weighted by molar-refractivity contribution is 7.17. The number of rotatable bonds is 2. The molecule has 3 heterocycles. The Bertz CT molecular complexity index is 613. The smallest absolute Gasteiger partial charge is 0.0745 e. The van der Waals surface area contributed by atoms with Crippen LogP contribution in [0.5, 0.6) is 0 Å². The number of hydrogen-bond acceptors (Lipinski definition) is 4.